The number of hydrogen-bond acceptors (Lipinski definition) is 10. The van der Waals surface area contributed by atoms with Gasteiger partial charge in [0, 0.05) is 30.2 Å². The van der Waals surface area contributed by atoms with Crippen molar-refractivity contribution < 1.29 is 42.0 Å². The average Bonchev–Trinajstić information content (AvgIpc) is 3.49. The predicted octanol–water partition coefficient (Wildman–Crippen LogP) is 8.82. The zero-order chi connectivity index (χ0) is 36.3. The molecule has 1 aliphatic carbocycles. The maximum Gasteiger partial charge on any atom is 0.350 e. The molecule has 4 unspecified atom stereocenters. The van der Waals surface area contributed by atoms with Crippen LogP contribution in [0.15, 0.2) is 115 Å². The molecule has 2 saturated heterocycles. The minimum absolute atomic E-state index is 0.00827. The smallest absolute Gasteiger partial charge is 0.350 e. The first-order valence-corrected chi connectivity index (χ1v) is 18.1. The van der Waals surface area contributed by atoms with Crippen molar-refractivity contribution in [3.8, 4) is 5.75 Å². The zero-order valence-electron chi connectivity index (χ0n) is 30.6. The number of rotatable bonds is 12. The lowest BCUT2D eigenvalue weighted by Crippen LogP contribution is -2.38. The number of benzene rings is 1. The van der Waals surface area contributed by atoms with Crippen LogP contribution in [0.2, 0.25) is 0 Å². The van der Waals surface area contributed by atoms with Crippen LogP contribution in [0, 0.1) is 0 Å². The van der Waals surface area contributed by atoms with Crippen molar-refractivity contribution in [1.82, 2.24) is 0 Å². The summed E-state index contributed by atoms with van der Waals surface area (Å²) in [5, 5.41) is 1.53. The van der Waals surface area contributed by atoms with Gasteiger partial charge in [0.15, 0.2) is 0 Å². The van der Waals surface area contributed by atoms with E-state index in [4.69, 9.17) is 42.0 Å². The second kappa shape index (κ2) is 13.2. The Morgan fingerprint density at radius 1 is 0.885 bits per heavy atom. The predicted molar refractivity (Wildman–Crippen MR) is 194 cm³/mol. The molecule has 4 atom stereocenters. The molecule has 10 nitrogen and oxygen atoms in total. The minimum atomic E-state index is -1.34. The highest BCUT2D eigenvalue weighted by atomic mass is 16.9. The van der Waals surface area contributed by atoms with E-state index in [9.17, 15) is 4.79 Å². The number of hydrogen-bond donors (Lipinski definition) is 0. The van der Waals surface area contributed by atoms with Crippen LogP contribution in [0.3, 0.4) is 0 Å². The lowest BCUT2D eigenvalue weighted by molar-refractivity contribution is -0.300. The summed E-state index contributed by atoms with van der Waals surface area (Å²) < 4.78 is 55.0. The highest BCUT2D eigenvalue weighted by Gasteiger charge is 2.55. The summed E-state index contributed by atoms with van der Waals surface area (Å²) in [5.74, 6) is 0.774. The zero-order valence-corrected chi connectivity index (χ0v) is 30.6. The van der Waals surface area contributed by atoms with E-state index in [1.54, 1.807) is 24.7 Å². The summed E-state index contributed by atoms with van der Waals surface area (Å²) in [6.45, 7) is 13.3. The third-order valence-electron chi connectivity index (χ3n) is 10.6. The Morgan fingerprint density at radius 2 is 1.60 bits per heavy atom. The van der Waals surface area contributed by atoms with Crippen molar-refractivity contribution >= 4 is 21.9 Å². The van der Waals surface area contributed by atoms with Gasteiger partial charge in [0.2, 0.25) is 0 Å². The first kappa shape index (κ1) is 34.6. The van der Waals surface area contributed by atoms with Crippen LogP contribution in [0.4, 0.5) is 0 Å². The molecule has 10 heteroatoms. The molecule has 52 heavy (non-hydrogen) atoms. The Morgan fingerprint density at radius 3 is 2.35 bits per heavy atom. The number of allylic oxidation sites excluding steroid dienone is 3. The first-order valence-electron chi connectivity index (χ1n) is 18.1. The van der Waals surface area contributed by atoms with E-state index in [-0.39, 0.29) is 17.8 Å². The van der Waals surface area contributed by atoms with E-state index in [0.717, 1.165) is 59.3 Å². The number of fused-ring (bicyclic) bond motifs is 3. The Balaban J connectivity index is 0.896. The van der Waals surface area contributed by atoms with E-state index >= 15 is 0 Å². The van der Waals surface area contributed by atoms with Crippen molar-refractivity contribution in [2.45, 2.75) is 109 Å². The Kier molecular flexibility index (Phi) is 8.75. The fourth-order valence-electron chi connectivity index (χ4n) is 7.43. The van der Waals surface area contributed by atoms with Gasteiger partial charge in [-0.2, -0.15) is 0 Å². The highest BCUT2D eigenvalue weighted by Crippen LogP contribution is 2.48. The molecule has 6 heterocycles. The van der Waals surface area contributed by atoms with Crippen LogP contribution in [-0.4, -0.2) is 48.7 Å². The van der Waals surface area contributed by atoms with Crippen LogP contribution in [0.1, 0.15) is 73.6 Å². The van der Waals surface area contributed by atoms with Crippen molar-refractivity contribution in [3.63, 3.8) is 0 Å². The van der Waals surface area contributed by atoms with E-state index < -0.39 is 17.2 Å². The molecule has 8 rings (SSSR count). The summed E-state index contributed by atoms with van der Waals surface area (Å²) in [6.07, 6.45) is 17.3. The third kappa shape index (κ3) is 6.75. The molecule has 1 aromatic carbocycles. The van der Waals surface area contributed by atoms with Gasteiger partial charge in [-0.1, -0.05) is 11.1 Å². The van der Waals surface area contributed by atoms with E-state index in [1.807, 2.05) is 38.1 Å². The van der Waals surface area contributed by atoms with Crippen LogP contribution in [-0.2, 0) is 28.4 Å². The van der Waals surface area contributed by atoms with Crippen LogP contribution >= 0.6 is 0 Å². The van der Waals surface area contributed by atoms with Gasteiger partial charge in [-0.25, -0.2) is 4.79 Å². The fourth-order valence-corrected chi connectivity index (χ4v) is 7.43. The quantitative estimate of drug-likeness (QED) is 0.103. The van der Waals surface area contributed by atoms with E-state index in [0.29, 0.717) is 48.0 Å². The molecule has 2 fully saturated rings. The molecule has 3 aromatic rings. The summed E-state index contributed by atoms with van der Waals surface area (Å²) in [6, 6.07) is 6.67. The summed E-state index contributed by atoms with van der Waals surface area (Å²) in [7, 11) is 0. The molecule has 0 bridgehead atoms. The van der Waals surface area contributed by atoms with Gasteiger partial charge in [-0.15, -0.1) is 0 Å². The van der Waals surface area contributed by atoms with Gasteiger partial charge in [0.25, 0.3) is 0 Å². The summed E-state index contributed by atoms with van der Waals surface area (Å²) in [5.41, 5.74) is 4.32. The third-order valence-corrected chi connectivity index (χ3v) is 10.6. The fraction of sp³-hybridized carbons (Fsp3) is 0.452. The lowest BCUT2D eigenvalue weighted by atomic mass is 9.92. The van der Waals surface area contributed by atoms with Gasteiger partial charge >= 0.3 is 11.6 Å². The van der Waals surface area contributed by atoms with Gasteiger partial charge in [0.05, 0.1) is 52.3 Å². The van der Waals surface area contributed by atoms with E-state index in [2.05, 4.69) is 39.8 Å². The molecular weight excluding hydrogens is 664 g/mol. The molecular formula is C42H46O10. The van der Waals surface area contributed by atoms with Gasteiger partial charge < -0.3 is 42.0 Å². The van der Waals surface area contributed by atoms with E-state index in [1.165, 1.54) is 11.6 Å². The summed E-state index contributed by atoms with van der Waals surface area (Å²) >= 11 is 0. The molecule has 1 spiro atoms. The molecule has 274 valence electrons. The SMILES string of the molecule is C/C(=C\COC1=C2C=COC2CC2=C1C=CC1(O2)OC(CC/C(C)=C/COc2c3ccoc3cc3oc(=O)ccc23)C(C)(C)O1)CCC1OC1(C)C. The van der Waals surface area contributed by atoms with Gasteiger partial charge in [-0.05, 0) is 104 Å². The highest BCUT2D eigenvalue weighted by molar-refractivity contribution is 6.01. The molecule has 4 aliphatic heterocycles. The number of epoxide rings is 1. The normalized spacial score (nSPS) is 27.3. The van der Waals surface area contributed by atoms with Gasteiger partial charge in [-0.3, -0.25) is 0 Å². The van der Waals surface area contributed by atoms with Crippen molar-refractivity contribution in [2.24, 2.45) is 0 Å². The second-order valence-corrected chi connectivity index (χ2v) is 15.3. The van der Waals surface area contributed by atoms with Crippen molar-refractivity contribution in [3.05, 3.63) is 111 Å². The lowest BCUT2D eigenvalue weighted by Gasteiger charge is -2.35. The second-order valence-electron chi connectivity index (χ2n) is 15.3. The van der Waals surface area contributed by atoms with Crippen LogP contribution < -0.4 is 10.4 Å². The molecule has 0 amide bonds. The van der Waals surface area contributed by atoms with Crippen LogP contribution in [0.25, 0.3) is 21.9 Å². The Bertz CT molecular complexity index is 2140. The maximum atomic E-state index is 11.8. The first-order chi connectivity index (χ1) is 24.9. The topological polar surface area (TPSA) is 111 Å². The Hall–Kier alpha value is -4.51. The van der Waals surface area contributed by atoms with Crippen molar-refractivity contribution in [2.75, 3.05) is 13.2 Å². The van der Waals surface area contributed by atoms with Gasteiger partial charge in [0.1, 0.15) is 47.8 Å². The van der Waals surface area contributed by atoms with Crippen molar-refractivity contribution in [1.29, 1.82) is 0 Å². The molecule has 2 aromatic heterocycles. The molecule has 0 N–H and O–H groups in total. The molecule has 0 radical (unpaired) electrons. The monoisotopic (exact) mass is 710 g/mol. The molecule has 5 aliphatic rings. The maximum absolute atomic E-state index is 11.8. The minimum Gasteiger partial charge on any atom is -0.493 e. The van der Waals surface area contributed by atoms with Crippen LogP contribution in [0.5, 0.6) is 5.75 Å². The molecule has 0 saturated carbocycles. The number of ether oxygens (including phenoxy) is 7. The largest absolute Gasteiger partial charge is 0.493 e. The standard InChI is InChI=1S/C42H46O10/c1-25(7-10-35-40(3,4)50-35)15-20-47-39-28-13-18-42(49-34(28)24-32-30(39)17-22-45-32)51-36(41(5,6)52-42)11-8-26(2)14-19-46-38-27-9-12-37(43)48-33(27)23-31-29(38)16-21-44-31/h9,12-18,21-23,32,35-36H,7-8,10-11,19-20,24H2,1-6H3/b25-15+,26-14+. The summed E-state index contributed by atoms with van der Waals surface area (Å²) in [4.78, 5) is 11.8. The Labute approximate surface area is 302 Å². The average molecular weight is 711 g/mol. The number of furan rings is 1.